The molecule has 2 heterocycles. The van der Waals surface area contributed by atoms with Crippen LogP contribution in [0, 0.1) is 6.92 Å². The molecule has 1 aliphatic rings. The highest BCUT2D eigenvalue weighted by molar-refractivity contribution is 5.30. The lowest BCUT2D eigenvalue weighted by atomic mass is 10.1. The smallest absolute Gasteiger partial charge is 0.226 e. The highest BCUT2D eigenvalue weighted by Gasteiger charge is 2.13. The number of ether oxygens (including phenoxy) is 2. The van der Waals surface area contributed by atoms with Crippen LogP contribution < -0.4 is 10.1 Å². The molecule has 2 rings (SSSR count). The Labute approximate surface area is 121 Å². The molecule has 1 N–H and O–H groups in total. The molecule has 0 aromatic carbocycles. The highest BCUT2D eigenvalue weighted by Crippen LogP contribution is 2.16. The lowest BCUT2D eigenvalue weighted by Crippen LogP contribution is -2.22. The van der Waals surface area contributed by atoms with Crippen molar-refractivity contribution in [3.8, 4) is 5.88 Å². The molecular weight excluding hydrogens is 254 g/mol. The first kappa shape index (κ1) is 15.0. The van der Waals surface area contributed by atoms with Gasteiger partial charge in [0.05, 0.1) is 12.7 Å². The third-order valence-corrected chi connectivity index (χ3v) is 3.31. The summed E-state index contributed by atoms with van der Waals surface area (Å²) in [5.41, 5.74) is 0.919. The van der Waals surface area contributed by atoms with Gasteiger partial charge in [0.1, 0.15) is 0 Å². The van der Waals surface area contributed by atoms with Gasteiger partial charge in [-0.25, -0.2) is 4.98 Å². The van der Waals surface area contributed by atoms with Crippen molar-refractivity contribution in [2.75, 3.05) is 25.1 Å². The van der Waals surface area contributed by atoms with Crippen LogP contribution in [0.3, 0.4) is 0 Å². The SMILES string of the molecule is CCCOc1cc(C)nc(NCCC2CCCCO2)n1. The second-order valence-electron chi connectivity index (χ2n) is 5.22. The second kappa shape index (κ2) is 8.04. The third kappa shape index (κ3) is 4.96. The third-order valence-electron chi connectivity index (χ3n) is 3.31. The van der Waals surface area contributed by atoms with Crippen molar-refractivity contribution in [3.05, 3.63) is 11.8 Å². The van der Waals surface area contributed by atoms with Crippen LogP contribution in [0.1, 0.15) is 44.7 Å². The van der Waals surface area contributed by atoms with Crippen LogP contribution in [-0.4, -0.2) is 35.8 Å². The standard InChI is InChI=1S/C15H25N3O2/c1-3-9-20-14-11-12(2)17-15(18-14)16-8-7-13-6-4-5-10-19-13/h11,13H,3-10H2,1-2H3,(H,16,17,18). The number of hydrogen-bond acceptors (Lipinski definition) is 5. The molecule has 0 radical (unpaired) electrons. The van der Waals surface area contributed by atoms with E-state index in [2.05, 4.69) is 22.2 Å². The largest absolute Gasteiger partial charge is 0.478 e. The van der Waals surface area contributed by atoms with Gasteiger partial charge in [0, 0.05) is 24.9 Å². The topological polar surface area (TPSA) is 56.3 Å². The van der Waals surface area contributed by atoms with Crippen molar-refractivity contribution in [2.45, 2.75) is 52.1 Å². The summed E-state index contributed by atoms with van der Waals surface area (Å²) in [7, 11) is 0. The Bertz CT molecular complexity index is 406. The van der Waals surface area contributed by atoms with E-state index >= 15 is 0 Å². The van der Waals surface area contributed by atoms with Crippen molar-refractivity contribution in [1.82, 2.24) is 9.97 Å². The Hall–Kier alpha value is -1.36. The van der Waals surface area contributed by atoms with Crippen molar-refractivity contribution >= 4 is 5.95 Å². The van der Waals surface area contributed by atoms with Gasteiger partial charge in [-0.3, -0.25) is 0 Å². The zero-order chi connectivity index (χ0) is 14.2. The highest BCUT2D eigenvalue weighted by atomic mass is 16.5. The van der Waals surface area contributed by atoms with E-state index in [4.69, 9.17) is 9.47 Å². The predicted molar refractivity (Wildman–Crippen MR) is 79.3 cm³/mol. The maximum atomic E-state index is 5.71. The molecule has 1 unspecified atom stereocenters. The molecule has 0 saturated carbocycles. The van der Waals surface area contributed by atoms with E-state index in [0.717, 1.165) is 31.7 Å². The van der Waals surface area contributed by atoms with E-state index < -0.39 is 0 Å². The molecule has 20 heavy (non-hydrogen) atoms. The molecule has 1 aromatic heterocycles. The quantitative estimate of drug-likeness (QED) is 0.831. The van der Waals surface area contributed by atoms with Crippen LogP contribution in [0.4, 0.5) is 5.95 Å². The van der Waals surface area contributed by atoms with Crippen molar-refractivity contribution < 1.29 is 9.47 Å². The van der Waals surface area contributed by atoms with Gasteiger partial charge in [0.2, 0.25) is 11.8 Å². The van der Waals surface area contributed by atoms with Gasteiger partial charge in [-0.15, -0.1) is 0 Å². The molecule has 112 valence electrons. The Morgan fingerprint density at radius 3 is 3.05 bits per heavy atom. The van der Waals surface area contributed by atoms with Gasteiger partial charge < -0.3 is 14.8 Å². The van der Waals surface area contributed by atoms with E-state index in [1.54, 1.807) is 0 Å². The van der Waals surface area contributed by atoms with Crippen LogP contribution in [0.15, 0.2) is 6.07 Å². The van der Waals surface area contributed by atoms with Crippen LogP contribution in [0.25, 0.3) is 0 Å². The van der Waals surface area contributed by atoms with Crippen molar-refractivity contribution in [1.29, 1.82) is 0 Å². The molecule has 5 heteroatoms. The van der Waals surface area contributed by atoms with E-state index in [9.17, 15) is 0 Å². The van der Waals surface area contributed by atoms with Crippen LogP contribution in [-0.2, 0) is 4.74 Å². The summed E-state index contributed by atoms with van der Waals surface area (Å²) < 4.78 is 11.3. The minimum absolute atomic E-state index is 0.386. The average Bonchev–Trinajstić information content (AvgIpc) is 2.46. The fraction of sp³-hybridized carbons (Fsp3) is 0.733. The number of anilines is 1. The fourth-order valence-corrected chi connectivity index (χ4v) is 2.28. The van der Waals surface area contributed by atoms with Crippen molar-refractivity contribution in [3.63, 3.8) is 0 Å². The van der Waals surface area contributed by atoms with E-state index in [-0.39, 0.29) is 0 Å². The number of rotatable bonds is 7. The maximum Gasteiger partial charge on any atom is 0.226 e. The van der Waals surface area contributed by atoms with Crippen LogP contribution >= 0.6 is 0 Å². The van der Waals surface area contributed by atoms with Gasteiger partial charge in [-0.05, 0) is 39.0 Å². The second-order valence-corrected chi connectivity index (χ2v) is 5.22. The zero-order valence-electron chi connectivity index (χ0n) is 12.5. The Kier molecular flexibility index (Phi) is 6.05. The van der Waals surface area contributed by atoms with Crippen LogP contribution in [0.2, 0.25) is 0 Å². The predicted octanol–water partition coefficient (Wildman–Crippen LogP) is 2.94. The van der Waals surface area contributed by atoms with E-state index in [0.29, 0.717) is 24.5 Å². The lowest BCUT2D eigenvalue weighted by Gasteiger charge is -2.22. The Balaban J connectivity index is 1.80. The molecule has 5 nitrogen and oxygen atoms in total. The minimum Gasteiger partial charge on any atom is -0.478 e. The first-order chi connectivity index (χ1) is 9.78. The van der Waals surface area contributed by atoms with E-state index in [1.165, 1.54) is 19.3 Å². The first-order valence-electron chi connectivity index (χ1n) is 7.62. The van der Waals surface area contributed by atoms with E-state index in [1.807, 2.05) is 13.0 Å². The molecule has 1 aromatic rings. The summed E-state index contributed by atoms with van der Waals surface area (Å²) in [6.07, 6.45) is 6.01. The van der Waals surface area contributed by atoms with Gasteiger partial charge in [-0.2, -0.15) is 4.98 Å². The maximum absolute atomic E-state index is 5.71. The molecule has 1 fully saturated rings. The fourth-order valence-electron chi connectivity index (χ4n) is 2.28. The molecule has 0 spiro atoms. The summed E-state index contributed by atoms with van der Waals surface area (Å²) in [6, 6.07) is 1.87. The molecule has 1 atom stereocenters. The number of aromatic nitrogens is 2. The number of hydrogen-bond donors (Lipinski definition) is 1. The average molecular weight is 279 g/mol. The monoisotopic (exact) mass is 279 g/mol. The Morgan fingerprint density at radius 1 is 1.40 bits per heavy atom. The minimum atomic E-state index is 0.386. The van der Waals surface area contributed by atoms with Crippen LogP contribution in [0.5, 0.6) is 5.88 Å². The summed E-state index contributed by atoms with van der Waals surface area (Å²) in [5, 5.41) is 3.27. The summed E-state index contributed by atoms with van der Waals surface area (Å²) >= 11 is 0. The zero-order valence-corrected chi connectivity index (χ0v) is 12.5. The molecule has 1 aliphatic heterocycles. The lowest BCUT2D eigenvalue weighted by molar-refractivity contribution is 0.0134. The molecule has 0 bridgehead atoms. The Morgan fingerprint density at radius 2 is 2.30 bits per heavy atom. The van der Waals surface area contributed by atoms with Gasteiger partial charge in [0.15, 0.2) is 0 Å². The number of nitrogens with one attached hydrogen (secondary N) is 1. The first-order valence-corrected chi connectivity index (χ1v) is 7.62. The molecule has 0 aliphatic carbocycles. The molecule has 0 amide bonds. The molecule has 1 saturated heterocycles. The number of nitrogens with zero attached hydrogens (tertiary/aromatic N) is 2. The summed E-state index contributed by atoms with van der Waals surface area (Å²) in [6.45, 7) is 6.46. The summed E-state index contributed by atoms with van der Waals surface area (Å²) in [5.74, 6) is 1.29. The van der Waals surface area contributed by atoms with Gasteiger partial charge in [-0.1, -0.05) is 6.92 Å². The normalized spacial score (nSPS) is 18.8. The summed E-state index contributed by atoms with van der Waals surface area (Å²) in [4.78, 5) is 8.75. The van der Waals surface area contributed by atoms with Crippen molar-refractivity contribution in [2.24, 2.45) is 0 Å². The molecular formula is C15H25N3O2. The van der Waals surface area contributed by atoms with Gasteiger partial charge in [0.25, 0.3) is 0 Å². The number of aryl methyl sites for hydroxylation is 1. The van der Waals surface area contributed by atoms with Gasteiger partial charge >= 0.3 is 0 Å².